The van der Waals surface area contributed by atoms with Crippen LogP contribution in [-0.4, -0.2) is 5.91 Å². The van der Waals surface area contributed by atoms with E-state index in [4.69, 9.17) is 5.73 Å². The Labute approximate surface area is 118 Å². The Morgan fingerprint density at radius 1 is 1.32 bits per heavy atom. The maximum absolute atomic E-state index is 13.0. The molecule has 1 amide bonds. The van der Waals surface area contributed by atoms with Crippen molar-refractivity contribution in [2.24, 2.45) is 0 Å². The van der Waals surface area contributed by atoms with Crippen LogP contribution in [0.1, 0.15) is 15.9 Å². The van der Waals surface area contributed by atoms with Gasteiger partial charge in [0.1, 0.15) is 5.82 Å². The molecule has 0 aliphatic carbocycles. The van der Waals surface area contributed by atoms with Crippen molar-refractivity contribution in [3.8, 4) is 0 Å². The van der Waals surface area contributed by atoms with Crippen molar-refractivity contribution in [2.45, 2.75) is 6.92 Å². The quantitative estimate of drug-likeness (QED) is 0.828. The van der Waals surface area contributed by atoms with E-state index in [0.717, 1.165) is 5.56 Å². The summed E-state index contributed by atoms with van der Waals surface area (Å²) in [4.78, 5) is 12.1. The zero-order valence-electron chi connectivity index (χ0n) is 10.2. The van der Waals surface area contributed by atoms with E-state index in [1.54, 1.807) is 12.1 Å². The van der Waals surface area contributed by atoms with E-state index >= 15 is 0 Å². The Morgan fingerprint density at radius 3 is 2.74 bits per heavy atom. The van der Waals surface area contributed by atoms with Gasteiger partial charge in [-0.05, 0) is 52.7 Å². The van der Waals surface area contributed by atoms with Gasteiger partial charge in [-0.15, -0.1) is 0 Å². The van der Waals surface area contributed by atoms with Crippen LogP contribution in [0.2, 0.25) is 0 Å². The van der Waals surface area contributed by atoms with Crippen molar-refractivity contribution in [3.05, 3.63) is 57.8 Å². The van der Waals surface area contributed by atoms with Crippen molar-refractivity contribution >= 4 is 33.2 Å². The van der Waals surface area contributed by atoms with Gasteiger partial charge in [-0.3, -0.25) is 4.79 Å². The fourth-order valence-corrected chi connectivity index (χ4v) is 2.11. The normalized spacial score (nSPS) is 10.3. The maximum Gasteiger partial charge on any atom is 0.257 e. The molecule has 0 atom stereocenters. The number of hydrogen-bond acceptors (Lipinski definition) is 2. The molecule has 0 aliphatic rings. The van der Waals surface area contributed by atoms with Gasteiger partial charge in [0.25, 0.3) is 5.91 Å². The minimum Gasteiger partial charge on any atom is -0.398 e. The molecule has 5 heteroatoms. The van der Waals surface area contributed by atoms with Crippen molar-refractivity contribution in [1.29, 1.82) is 0 Å². The summed E-state index contributed by atoms with van der Waals surface area (Å²) < 4.78 is 13.4. The van der Waals surface area contributed by atoms with Gasteiger partial charge >= 0.3 is 0 Å². The van der Waals surface area contributed by atoms with Gasteiger partial charge < -0.3 is 11.1 Å². The predicted molar refractivity (Wildman–Crippen MR) is 77.6 cm³/mol. The van der Waals surface area contributed by atoms with Crippen LogP contribution in [0.4, 0.5) is 15.8 Å². The third-order valence-electron chi connectivity index (χ3n) is 2.75. The fourth-order valence-electron chi connectivity index (χ4n) is 1.66. The molecule has 0 bridgehead atoms. The number of amides is 1. The van der Waals surface area contributed by atoms with Crippen LogP contribution in [0.25, 0.3) is 0 Å². The summed E-state index contributed by atoms with van der Waals surface area (Å²) in [5.41, 5.74) is 8.04. The number of nitrogens with two attached hydrogens (primary N) is 1. The van der Waals surface area contributed by atoms with E-state index in [1.165, 1.54) is 18.2 Å². The number of nitrogen functional groups attached to an aromatic ring is 1. The molecule has 2 rings (SSSR count). The summed E-state index contributed by atoms with van der Waals surface area (Å²) in [6.07, 6.45) is 0. The van der Waals surface area contributed by atoms with Crippen LogP contribution in [0.15, 0.2) is 40.9 Å². The largest absolute Gasteiger partial charge is 0.398 e. The second-order valence-electron chi connectivity index (χ2n) is 4.11. The highest BCUT2D eigenvalue weighted by molar-refractivity contribution is 9.10. The van der Waals surface area contributed by atoms with E-state index in [9.17, 15) is 9.18 Å². The van der Waals surface area contributed by atoms with Gasteiger partial charge in [0.15, 0.2) is 0 Å². The number of para-hydroxylation sites is 1. The lowest BCUT2D eigenvalue weighted by Gasteiger charge is -2.10. The number of carbonyl (C=O) groups excluding carboxylic acids is 1. The summed E-state index contributed by atoms with van der Waals surface area (Å²) in [6.45, 7) is 1.83. The Kier molecular flexibility index (Phi) is 3.85. The van der Waals surface area contributed by atoms with Crippen LogP contribution in [0, 0.1) is 12.7 Å². The van der Waals surface area contributed by atoms with E-state index in [0.29, 0.717) is 21.4 Å². The summed E-state index contributed by atoms with van der Waals surface area (Å²) in [5.74, 6) is -0.701. The third-order valence-corrected chi connectivity index (χ3v) is 3.40. The predicted octanol–water partition coefficient (Wildman–Crippen LogP) is 3.73. The number of anilines is 2. The van der Waals surface area contributed by atoms with Crippen LogP contribution >= 0.6 is 15.9 Å². The molecular weight excluding hydrogens is 311 g/mol. The molecule has 19 heavy (non-hydrogen) atoms. The summed E-state index contributed by atoms with van der Waals surface area (Å²) in [6, 6.07) is 9.30. The van der Waals surface area contributed by atoms with Gasteiger partial charge in [0, 0.05) is 10.2 Å². The first-order chi connectivity index (χ1) is 8.99. The molecule has 3 nitrogen and oxygen atoms in total. The standard InChI is InChI=1S/C14H12BrFN2O/c1-8-3-2-4-10(13(8)17)14(19)18-12-6-5-9(16)7-11(12)15/h2-7H,17H2,1H3,(H,18,19). The van der Waals surface area contributed by atoms with Crippen LogP contribution in [0.5, 0.6) is 0 Å². The number of hydrogen-bond donors (Lipinski definition) is 2. The van der Waals surface area contributed by atoms with Gasteiger partial charge in [-0.2, -0.15) is 0 Å². The molecule has 0 aliphatic heterocycles. The molecule has 2 aromatic carbocycles. The second-order valence-corrected chi connectivity index (χ2v) is 4.97. The third kappa shape index (κ3) is 2.93. The number of carbonyl (C=O) groups is 1. The lowest BCUT2D eigenvalue weighted by Crippen LogP contribution is -2.15. The summed E-state index contributed by atoms with van der Waals surface area (Å²) >= 11 is 3.20. The summed E-state index contributed by atoms with van der Waals surface area (Å²) in [5, 5.41) is 2.69. The molecule has 0 spiro atoms. The molecule has 98 valence electrons. The first-order valence-corrected chi connectivity index (χ1v) is 6.40. The van der Waals surface area contributed by atoms with Crippen molar-refractivity contribution < 1.29 is 9.18 Å². The first kappa shape index (κ1) is 13.5. The lowest BCUT2D eigenvalue weighted by atomic mass is 10.1. The highest BCUT2D eigenvalue weighted by Gasteiger charge is 2.12. The highest BCUT2D eigenvalue weighted by atomic mass is 79.9. The monoisotopic (exact) mass is 322 g/mol. The minimum atomic E-state index is -0.375. The molecule has 0 saturated carbocycles. The van der Waals surface area contributed by atoms with E-state index in [1.807, 2.05) is 13.0 Å². The first-order valence-electron chi connectivity index (χ1n) is 5.60. The number of nitrogens with one attached hydrogen (secondary N) is 1. The van der Waals surface area contributed by atoms with E-state index in [-0.39, 0.29) is 11.7 Å². The molecule has 0 saturated heterocycles. The fraction of sp³-hybridized carbons (Fsp3) is 0.0714. The Morgan fingerprint density at radius 2 is 2.05 bits per heavy atom. The average molecular weight is 323 g/mol. The average Bonchev–Trinajstić information content (AvgIpc) is 2.36. The van der Waals surface area contributed by atoms with Crippen LogP contribution in [-0.2, 0) is 0 Å². The number of rotatable bonds is 2. The number of aryl methyl sites for hydroxylation is 1. The topological polar surface area (TPSA) is 55.1 Å². The van der Waals surface area contributed by atoms with E-state index < -0.39 is 0 Å². The summed E-state index contributed by atoms with van der Waals surface area (Å²) in [7, 11) is 0. The Hall–Kier alpha value is -1.88. The number of benzene rings is 2. The maximum atomic E-state index is 13.0. The van der Waals surface area contributed by atoms with Crippen LogP contribution < -0.4 is 11.1 Å². The minimum absolute atomic E-state index is 0.325. The van der Waals surface area contributed by atoms with Crippen molar-refractivity contribution in [1.82, 2.24) is 0 Å². The molecule has 0 unspecified atom stereocenters. The Bertz CT molecular complexity index is 643. The lowest BCUT2D eigenvalue weighted by molar-refractivity contribution is 0.102. The molecule has 0 aromatic heterocycles. The van der Waals surface area contributed by atoms with Crippen molar-refractivity contribution in [2.75, 3.05) is 11.1 Å². The van der Waals surface area contributed by atoms with Gasteiger partial charge in [0.2, 0.25) is 0 Å². The van der Waals surface area contributed by atoms with Gasteiger partial charge in [-0.25, -0.2) is 4.39 Å². The second kappa shape index (κ2) is 5.40. The van der Waals surface area contributed by atoms with Crippen molar-refractivity contribution in [3.63, 3.8) is 0 Å². The molecule has 0 radical (unpaired) electrons. The molecule has 2 aromatic rings. The van der Waals surface area contributed by atoms with Gasteiger partial charge in [0.05, 0.1) is 11.3 Å². The number of halogens is 2. The molecule has 0 heterocycles. The highest BCUT2D eigenvalue weighted by Crippen LogP contribution is 2.25. The smallest absolute Gasteiger partial charge is 0.257 e. The zero-order valence-corrected chi connectivity index (χ0v) is 11.8. The zero-order chi connectivity index (χ0) is 14.0. The molecule has 0 fully saturated rings. The van der Waals surface area contributed by atoms with E-state index in [2.05, 4.69) is 21.2 Å². The molecule has 3 N–H and O–H groups in total. The molecular formula is C14H12BrFN2O. The van der Waals surface area contributed by atoms with Crippen LogP contribution in [0.3, 0.4) is 0 Å². The SMILES string of the molecule is Cc1cccc(C(=O)Nc2ccc(F)cc2Br)c1N. The Balaban J connectivity index is 2.28. The van der Waals surface area contributed by atoms with Gasteiger partial charge in [-0.1, -0.05) is 12.1 Å².